The number of nitrogens with zero attached hydrogens (tertiary/aromatic N) is 4. The lowest BCUT2D eigenvalue weighted by Gasteiger charge is -2.36. The third-order valence-electron chi connectivity index (χ3n) is 8.33. The molecule has 2 saturated heterocycles. The summed E-state index contributed by atoms with van der Waals surface area (Å²) in [4.78, 5) is 89.1. The number of ketones is 1. The number of likely N-dealkylation sites (N-methyl/N-ethyl adjacent to an activating group) is 2. The Labute approximate surface area is 266 Å². The van der Waals surface area contributed by atoms with Crippen molar-refractivity contribution in [1.29, 1.82) is 0 Å². The maximum atomic E-state index is 14.2. The highest BCUT2D eigenvalue weighted by atomic mass is 16.7. The van der Waals surface area contributed by atoms with Crippen LogP contribution in [0, 0.1) is 5.92 Å². The van der Waals surface area contributed by atoms with Crippen LogP contribution < -0.4 is 5.32 Å². The molecule has 0 bridgehead atoms. The van der Waals surface area contributed by atoms with Crippen LogP contribution in [0.4, 0.5) is 0 Å². The molecule has 2 heterocycles. The molecule has 0 radical (unpaired) electrons. The van der Waals surface area contributed by atoms with Gasteiger partial charge in [-0.15, -0.1) is 0 Å². The van der Waals surface area contributed by atoms with Gasteiger partial charge in [-0.25, -0.2) is 5.06 Å². The number of nitrogens with one attached hydrogen (secondary N) is 1. The van der Waals surface area contributed by atoms with Gasteiger partial charge >= 0.3 is 0 Å². The number of benzene rings is 1. The van der Waals surface area contributed by atoms with Crippen LogP contribution >= 0.6 is 0 Å². The summed E-state index contributed by atoms with van der Waals surface area (Å²) in [6.45, 7) is 7.78. The van der Waals surface area contributed by atoms with Crippen LogP contribution in [0.15, 0.2) is 30.3 Å². The first-order valence-electron chi connectivity index (χ1n) is 15.9. The molecule has 0 saturated carbocycles. The first-order chi connectivity index (χ1) is 21.3. The van der Waals surface area contributed by atoms with Crippen LogP contribution in [-0.2, 0) is 40.0 Å². The standard InChI is InChI=1S/C33H49N5O7/c1-22(2)17-27(31(42)34-26(18-23(3)39)32(43)37-15-11-8-12-16-37)36(6)33(44)28(20-25-13-9-7-10-14-25)35(5)30(41)21-38-29(40)19-24(4)45-38/h7,9-10,13-14,22,24,26-28H,8,11-12,15-21H2,1-6H3,(H,34,42)/t24-,26+,27+,28+/m1/s1. The molecule has 1 N–H and O–H groups in total. The third-order valence-corrected chi connectivity index (χ3v) is 8.33. The number of carbonyl (C=O) groups is 6. The van der Waals surface area contributed by atoms with Gasteiger partial charge in [0.15, 0.2) is 0 Å². The lowest BCUT2D eigenvalue weighted by Crippen LogP contribution is -2.59. The van der Waals surface area contributed by atoms with Crippen molar-refractivity contribution in [1.82, 2.24) is 25.1 Å². The maximum Gasteiger partial charge on any atom is 0.249 e. The highest BCUT2D eigenvalue weighted by Crippen LogP contribution is 2.19. The van der Waals surface area contributed by atoms with Gasteiger partial charge in [0, 0.05) is 40.0 Å². The predicted molar refractivity (Wildman–Crippen MR) is 167 cm³/mol. The summed E-state index contributed by atoms with van der Waals surface area (Å²) in [5.74, 6) is -2.31. The van der Waals surface area contributed by atoms with E-state index < -0.39 is 35.8 Å². The smallest absolute Gasteiger partial charge is 0.249 e. The van der Waals surface area contributed by atoms with Crippen LogP contribution in [0.25, 0.3) is 0 Å². The largest absolute Gasteiger partial charge is 0.342 e. The van der Waals surface area contributed by atoms with E-state index in [1.807, 2.05) is 44.2 Å². The van der Waals surface area contributed by atoms with E-state index >= 15 is 0 Å². The average molecular weight is 628 g/mol. The highest BCUT2D eigenvalue weighted by molar-refractivity contribution is 5.96. The predicted octanol–water partition coefficient (Wildman–Crippen LogP) is 1.96. The number of likely N-dealkylation sites (tertiary alicyclic amines) is 1. The third kappa shape index (κ3) is 10.1. The van der Waals surface area contributed by atoms with Gasteiger partial charge in [-0.2, -0.15) is 0 Å². The Morgan fingerprint density at radius 2 is 1.62 bits per heavy atom. The molecule has 12 heteroatoms. The average Bonchev–Trinajstić information content (AvgIpc) is 3.32. The van der Waals surface area contributed by atoms with E-state index in [-0.39, 0.29) is 55.4 Å². The zero-order chi connectivity index (χ0) is 33.3. The second-order valence-electron chi connectivity index (χ2n) is 12.7. The SMILES string of the molecule is CC(=O)C[C@H](NC(=O)[C@H](CC(C)C)N(C)C(=O)[C@H](Cc1ccccc1)N(C)C(=O)CN1O[C@H](C)CC1=O)C(=O)N1CCCCC1. The van der Waals surface area contributed by atoms with E-state index in [1.54, 1.807) is 11.8 Å². The van der Waals surface area contributed by atoms with Crippen molar-refractivity contribution in [2.75, 3.05) is 33.7 Å². The molecular weight excluding hydrogens is 578 g/mol. The fourth-order valence-corrected chi connectivity index (χ4v) is 5.79. The number of hydrogen-bond donors (Lipinski definition) is 1. The molecule has 0 aromatic heterocycles. The molecule has 2 fully saturated rings. The van der Waals surface area contributed by atoms with Crippen LogP contribution in [-0.4, -0.2) is 113 Å². The minimum Gasteiger partial charge on any atom is -0.342 e. The molecule has 1 aromatic carbocycles. The summed E-state index contributed by atoms with van der Waals surface area (Å²) in [6.07, 6.45) is 2.92. The molecule has 1 aromatic rings. The van der Waals surface area contributed by atoms with Gasteiger partial charge in [0.1, 0.15) is 30.5 Å². The molecular formula is C33H49N5O7. The van der Waals surface area contributed by atoms with Crippen molar-refractivity contribution in [2.45, 2.75) is 96.9 Å². The number of rotatable bonds is 14. The molecule has 4 atom stereocenters. The number of amides is 5. The summed E-state index contributed by atoms with van der Waals surface area (Å²) >= 11 is 0. The minimum atomic E-state index is -1.03. The van der Waals surface area contributed by atoms with Crippen LogP contribution in [0.1, 0.15) is 71.8 Å². The van der Waals surface area contributed by atoms with Crippen LogP contribution in [0.3, 0.4) is 0 Å². The summed E-state index contributed by atoms with van der Waals surface area (Å²) < 4.78 is 0. The van der Waals surface area contributed by atoms with E-state index in [2.05, 4.69) is 5.32 Å². The topological polar surface area (TPSA) is 137 Å². The van der Waals surface area contributed by atoms with Gasteiger partial charge < -0.3 is 20.0 Å². The highest BCUT2D eigenvalue weighted by Gasteiger charge is 2.38. The molecule has 2 aliphatic heterocycles. The molecule has 248 valence electrons. The van der Waals surface area contributed by atoms with Crippen molar-refractivity contribution in [3.8, 4) is 0 Å². The number of piperidine rings is 1. The quantitative estimate of drug-likeness (QED) is 0.333. The lowest BCUT2D eigenvalue weighted by atomic mass is 9.98. The fraction of sp³-hybridized carbons (Fsp3) is 0.636. The van der Waals surface area contributed by atoms with E-state index in [0.29, 0.717) is 19.5 Å². The van der Waals surface area contributed by atoms with Crippen molar-refractivity contribution in [3.63, 3.8) is 0 Å². The summed E-state index contributed by atoms with van der Waals surface area (Å²) in [6, 6.07) is 6.24. The zero-order valence-electron chi connectivity index (χ0n) is 27.5. The number of hydrogen-bond acceptors (Lipinski definition) is 7. The summed E-state index contributed by atoms with van der Waals surface area (Å²) in [5.41, 5.74) is 0.810. The Hall–Kier alpha value is -3.80. The summed E-state index contributed by atoms with van der Waals surface area (Å²) in [5, 5.41) is 3.83. The van der Waals surface area contributed by atoms with Gasteiger partial charge in [0.25, 0.3) is 0 Å². The second-order valence-corrected chi connectivity index (χ2v) is 12.7. The van der Waals surface area contributed by atoms with Gasteiger partial charge in [0.2, 0.25) is 29.5 Å². The molecule has 0 spiro atoms. The molecule has 3 rings (SSSR count). The zero-order valence-corrected chi connectivity index (χ0v) is 27.5. The number of Topliss-reactive ketones (excluding diaryl/α,β-unsaturated/α-hetero) is 1. The Bertz CT molecular complexity index is 1220. The van der Waals surface area contributed by atoms with E-state index in [1.165, 1.54) is 30.8 Å². The minimum absolute atomic E-state index is 0.00676. The van der Waals surface area contributed by atoms with E-state index in [0.717, 1.165) is 29.9 Å². The van der Waals surface area contributed by atoms with Crippen LogP contribution in [0.2, 0.25) is 0 Å². The van der Waals surface area contributed by atoms with Gasteiger partial charge in [-0.1, -0.05) is 44.2 Å². The van der Waals surface area contributed by atoms with Gasteiger partial charge in [-0.3, -0.25) is 33.6 Å². The molecule has 2 aliphatic rings. The van der Waals surface area contributed by atoms with Gasteiger partial charge in [0.05, 0.1) is 12.5 Å². The first-order valence-corrected chi connectivity index (χ1v) is 15.9. The Balaban J connectivity index is 1.85. The molecule has 12 nitrogen and oxygen atoms in total. The first kappa shape index (κ1) is 35.7. The van der Waals surface area contributed by atoms with Crippen molar-refractivity contribution in [2.24, 2.45) is 5.92 Å². The van der Waals surface area contributed by atoms with Crippen molar-refractivity contribution >= 4 is 35.3 Å². The molecule has 45 heavy (non-hydrogen) atoms. The molecule has 0 unspecified atom stereocenters. The van der Waals surface area contributed by atoms with Gasteiger partial charge in [-0.05, 0) is 51.0 Å². The molecule has 5 amide bonds. The van der Waals surface area contributed by atoms with Crippen molar-refractivity contribution in [3.05, 3.63) is 35.9 Å². The monoisotopic (exact) mass is 627 g/mol. The lowest BCUT2D eigenvalue weighted by molar-refractivity contribution is -0.178. The second kappa shape index (κ2) is 16.5. The van der Waals surface area contributed by atoms with Crippen molar-refractivity contribution < 1.29 is 33.6 Å². The molecule has 0 aliphatic carbocycles. The van der Waals surface area contributed by atoms with Crippen LogP contribution in [0.5, 0.6) is 0 Å². The Morgan fingerprint density at radius 1 is 0.978 bits per heavy atom. The Kier molecular flexibility index (Phi) is 13.1. The number of hydroxylamine groups is 2. The summed E-state index contributed by atoms with van der Waals surface area (Å²) in [7, 11) is 3.02. The van der Waals surface area contributed by atoms with E-state index in [9.17, 15) is 28.8 Å². The van der Waals surface area contributed by atoms with E-state index in [4.69, 9.17) is 4.84 Å². The Morgan fingerprint density at radius 3 is 2.18 bits per heavy atom. The fourth-order valence-electron chi connectivity index (χ4n) is 5.79. The normalized spacial score (nSPS) is 18.7. The maximum absolute atomic E-state index is 14.2. The number of carbonyl (C=O) groups excluding carboxylic acids is 6.